The third kappa shape index (κ3) is 6.86. The van der Waals surface area contributed by atoms with Crippen molar-refractivity contribution in [2.75, 3.05) is 24.1 Å². The van der Waals surface area contributed by atoms with Crippen LogP contribution in [0.3, 0.4) is 0 Å². The molecule has 146 valence electrons. The van der Waals surface area contributed by atoms with E-state index in [-0.39, 0.29) is 23.8 Å². The summed E-state index contributed by atoms with van der Waals surface area (Å²) in [5, 5.41) is 5.84. The number of halogens is 2. The Kier molecular flexibility index (Phi) is 7.12. The van der Waals surface area contributed by atoms with Crippen LogP contribution in [0.1, 0.15) is 11.1 Å². The number of guanidine groups is 1. The Morgan fingerprint density at radius 2 is 1.89 bits per heavy atom. The van der Waals surface area contributed by atoms with Gasteiger partial charge in [0, 0.05) is 20.1 Å². The normalized spacial score (nSPS) is 11.9. The second-order valence-electron chi connectivity index (χ2n) is 5.87. The number of nitrogens with zero attached hydrogens (tertiary/aromatic N) is 1. The highest BCUT2D eigenvalue weighted by Crippen LogP contribution is 2.14. The lowest BCUT2D eigenvalue weighted by Crippen LogP contribution is -2.39. The zero-order valence-corrected chi connectivity index (χ0v) is 15.9. The van der Waals surface area contributed by atoms with Crippen LogP contribution in [0.25, 0.3) is 0 Å². The summed E-state index contributed by atoms with van der Waals surface area (Å²) >= 11 is 0. The molecule has 2 aromatic rings. The molecule has 9 heteroatoms. The summed E-state index contributed by atoms with van der Waals surface area (Å²) in [7, 11) is -2.11. The van der Waals surface area contributed by atoms with Crippen molar-refractivity contribution in [2.45, 2.75) is 13.5 Å². The minimum absolute atomic E-state index is 0.0898. The van der Waals surface area contributed by atoms with E-state index in [4.69, 9.17) is 0 Å². The van der Waals surface area contributed by atoms with Gasteiger partial charge in [0.05, 0.1) is 11.4 Å². The molecule has 0 saturated heterocycles. The van der Waals surface area contributed by atoms with Gasteiger partial charge in [0.15, 0.2) is 5.96 Å². The smallest absolute Gasteiger partial charge is 0.234 e. The second kappa shape index (κ2) is 9.31. The van der Waals surface area contributed by atoms with E-state index in [1.807, 2.05) is 0 Å². The summed E-state index contributed by atoms with van der Waals surface area (Å²) in [5.74, 6) is -0.656. The maximum Gasteiger partial charge on any atom is 0.234 e. The SMILES string of the molecule is CN=C(NCCS(=O)(=O)Nc1ccc(C)c(F)c1)NCc1cccc(F)c1. The fourth-order valence-electron chi connectivity index (χ4n) is 2.24. The van der Waals surface area contributed by atoms with E-state index in [9.17, 15) is 17.2 Å². The molecule has 0 fully saturated rings. The van der Waals surface area contributed by atoms with Crippen molar-refractivity contribution in [1.82, 2.24) is 10.6 Å². The van der Waals surface area contributed by atoms with E-state index < -0.39 is 15.8 Å². The fraction of sp³-hybridized carbons (Fsp3) is 0.278. The van der Waals surface area contributed by atoms with Crippen molar-refractivity contribution < 1.29 is 17.2 Å². The van der Waals surface area contributed by atoms with Crippen LogP contribution in [-0.4, -0.2) is 33.7 Å². The maximum atomic E-state index is 13.5. The monoisotopic (exact) mass is 396 g/mol. The molecule has 0 aliphatic carbocycles. The van der Waals surface area contributed by atoms with E-state index in [0.29, 0.717) is 18.1 Å². The molecule has 0 bridgehead atoms. The Hall–Kier alpha value is -2.68. The zero-order chi connectivity index (χ0) is 19.9. The number of anilines is 1. The third-order valence-corrected chi connectivity index (χ3v) is 4.97. The van der Waals surface area contributed by atoms with Crippen LogP contribution in [0.2, 0.25) is 0 Å². The molecule has 6 nitrogen and oxygen atoms in total. The first-order chi connectivity index (χ1) is 12.8. The van der Waals surface area contributed by atoms with E-state index in [0.717, 1.165) is 11.6 Å². The highest BCUT2D eigenvalue weighted by molar-refractivity contribution is 7.92. The van der Waals surface area contributed by atoms with Gasteiger partial charge in [-0.15, -0.1) is 0 Å². The summed E-state index contributed by atoms with van der Waals surface area (Å²) < 4.78 is 53.2. The Labute approximate surface area is 157 Å². The van der Waals surface area contributed by atoms with Crippen LogP contribution >= 0.6 is 0 Å². The van der Waals surface area contributed by atoms with E-state index in [1.165, 1.54) is 24.3 Å². The molecule has 27 heavy (non-hydrogen) atoms. The summed E-state index contributed by atoms with van der Waals surface area (Å²) in [4.78, 5) is 3.99. The quantitative estimate of drug-likeness (QED) is 0.496. The van der Waals surface area contributed by atoms with Crippen LogP contribution in [-0.2, 0) is 16.6 Å². The molecule has 3 N–H and O–H groups in total. The van der Waals surface area contributed by atoms with Crippen molar-refractivity contribution >= 4 is 21.7 Å². The topological polar surface area (TPSA) is 82.6 Å². The molecule has 0 aromatic heterocycles. The minimum Gasteiger partial charge on any atom is -0.355 e. The lowest BCUT2D eigenvalue weighted by Gasteiger charge is -2.13. The van der Waals surface area contributed by atoms with Gasteiger partial charge in [0.25, 0.3) is 0 Å². The van der Waals surface area contributed by atoms with Crippen LogP contribution in [0.5, 0.6) is 0 Å². The van der Waals surface area contributed by atoms with Gasteiger partial charge in [-0.25, -0.2) is 17.2 Å². The molecule has 0 aliphatic rings. The molecule has 2 rings (SSSR count). The predicted molar refractivity (Wildman–Crippen MR) is 103 cm³/mol. The predicted octanol–water partition coefficient (Wildman–Crippen LogP) is 2.38. The number of sulfonamides is 1. The van der Waals surface area contributed by atoms with E-state index in [2.05, 4.69) is 20.3 Å². The van der Waals surface area contributed by atoms with Crippen molar-refractivity contribution in [3.63, 3.8) is 0 Å². The molecule has 0 atom stereocenters. The Morgan fingerprint density at radius 3 is 2.56 bits per heavy atom. The molecular weight excluding hydrogens is 374 g/mol. The van der Waals surface area contributed by atoms with Crippen LogP contribution in [0.15, 0.2) is 47.5 Å². The van der Waals surface area contributed by atoms with Gasteiger partial charge in [-0.2, -0.15) is 0 Å². The summed E-state index contributed by atoms with van der Waals surface area (Å²) in [6.45, 7) is 2.03. The van der Waals surface area contributed by atoms with Gasteiger partial charge in [-0.05, 0) is 42.3 Å². The highest BCUT2D eigenvalue weighted by Gasteiger charge is 2.12. The second-order valence-corrected chi connectivity index (χ2v) is 7.71. The highest BCUT2D eigenvalue weighted by atomic mass is 32.2. The number of benzene rings is 2. The molecular formula is C18H22F2N4O2S. The zero-order valence-electron chi connectivity index (χ0n) is 15.1. The number of aliphatic imine (C=N–C) groups is 1. The number of hydrogen-bond acceptors (Lipinski definition) is 3. The first kappa shape index (κ1) is 20.6. The van der Waals surface area contributed by atoms with Crippen LogP contribution in [0, 0.1) is 18.6 Å². The third-order valence-electron chi connectivity index (χ3n) is 3.68. The number of rotatable bonds is 7. The van der Waals surface area contributed by atoms with Crippen LogP contribution < -0.4 is 15.4 Å². The first-order valence-corrected chi connectivity index (χ1v) is 9.90. The Morgan fingerprint density at radius 1 is 1.11 bits per heavy atom. The molecule has 0 saturated carbocycles. The van der Waals surface area contributed by atoms with E-state index in [1.54, 1.807) is 26.1 Å². The van der Waals surface area contributed by atoms with Gasteiger partial charge in [0.2, 0.25) is 10.0 Å². The summed E-state index contributed by atoms with van der Waals surface area (Å²) in [6.07, 6.45) is 0. The average molecular weight is 396 g/mol. The lowest BCUT2D eigenvalue weighted by molar-refractivity contribution is 0.599. The van der Waals surface area contributed by atoms with Crippen molar-refractivity contribution in [2.24, 2.45) is 4.99 Å². The largest absolute Gasteiger partial charge is 0.355 e. The summed E-state index contributed by atoms with van der Waals surface area (Å²) in [5.41, 5.74) is 1.34. The molecule has 0 aliphatic heterocycles. The van der Waals surface area contributed by atoms with Crippen molar-refractivity contribution in [1.29, 1.82) is 0 Å². The van der Waals surface area contributed by atoms with Gasteiger partial charge >= 0.3 is 0 Å². The summed E-state index contributed by atoms with van der Waals surface area (Å²) in [6, 6.07) is 10.3. The maximum absolute atomic E-state index is 13.5. The van der Waals surface area contributed by atoms with Gasteiger partial charge < -0.3 is 10.6 Å². The van der Waals surface area contributed by atoms with E-state index >= 15 is 0 Å². The first-order valence-electron chi connectivity index (χ1n) is 8.24. The molecule has 0 heterocycles. The number of aryl methyl sites for hydroxylation is 1. The van der Waals surface area contributed by atoms with Gasteiger partial charge in [0.1, 0.15) is 11.6 Å². The molecule has 0 amide bonds. The number of hydrogen-bond donors (Lipinski definition) is 3. The Balaban J connectivity index is 1.82. The standard InChI is InChI=1S/C18H22F2N4O2S/c1-13-6-7-16(11-17(13)20)24-27(25,26)9-8-22-18(21-2)23-12-14-4-3-5-15(19)10-14/h3-7,10-11,24H,8-9,12H2,1-2H3,(H2,21,22,23). The lowest BCUT2D eigenvalue weighted by atomic mass is 10.2. The van der Waals surface area contributed by atoms with Crippen molar-refractivity contribution in [3.8, 4) is 0 Å². The molecule has 2 aromatic carbocycles. The van der Waals surface area contributed by atoms with Crippen LogP contribution in [0.4, 0.5) is 14.5 Å². The Bertz CT molecular complexity index is 917. The van der Waals surface area contributed by atoms with Crippen molar-refractivity contribution in [3.05, 3.63) is 65.2 Å². The van der Waals surface area contributed by atoms with Gasteiger partial charge in [-0.3, -0.25) is 9.71 Å². The minimum atomic E-state index is -3.65. The molecule has 0 spiro atoms. The van der Waals surface area contributed by atoms with Gasteiger partial charge in [-0.1, -0.05) is 18.2 Å². The molecule has 0 radical (unpaired) electrons. The fourth-order valence-corrected chi connectivity index (χ4v) is 3.20. The number of nitrogens with one attached hydrogen (secondary N) is 3. The molecule has 0 unspecified atom stereocenters. The average Bonchev–Trinajstić information content (AvgIpc) is 2.61.